The Morgan fingerprint density at radius 3 is 2.50 bits per heavy atom. The molecule has 0 spiro atoms. The largest absolute Gasteiger partial charge is 0.389 e. The minimum Gasteiger partial charge on any atom is -0.389 e. The molecule has 0 unspecified atom stereocenters. The molecule has 1 aromatic rings. The Balaban J connectivity index is 1.13. The van der Waals surface area contributed by atoms with Crippen LogP contribution in [-0.2, 0) is 4.74 Å². The molecule has 0 radical (unpaired) electrons. The number of hydrogen-bond donors (Lipinski definition) is 1. The van der Waals surface area contributed by atoms with Crippen molar-refractivity contribution in [1.82, 2.24) is 4.90 Å². The Hall–Kier alpha value is -1.17. The van der Waals surface area contributed by atoms with Gasteiger partial charge in [0.05, 0.1) is 12.7 Å². The van der Waals surface area contributed by atoms with Gasteiger partial charge >= 0.3 is 0 Å². The molecule has 0 aromatic heterocycles. The number of ether oxygens (including phenoxy) is 1. The van der Waals surface area contributed by atoms with Gasteiger partial charge in [0.1, 0.15) is 5.82 Å². The Labute approximate surface area is 155 Å². The van der Waals surface area contributed by atoms with Crippen molar-refractivity contribution in [2.75, 3.05) is 50.8 Å². The van der Waals surface area contributed by atoms with Crippen LogP contribution in [-0.4, -0.2) is 62.0 Å². The molecule has 144 valence electrons. The lowest BCUT2D eigenvalue weighted by atomic mass is 9.90. The van der Waals surface area contributed by atoms with Gasteiger partial charge in [-0.2, -0.15) is 0 Å². The molecule has 1 aliphatic heterocycles. The number of fused-ring (bicyclic) bond motifs is 2. The van der Waals surface area contributed by atoms with Crippen molar-refractivity contribution in [2.45, 2.75) is 31.8 Å². The van der Waals surface area contributed by atoms with Gasteiger partial charge in [-0.3, -0.25) is 4.90 Å². The third-order valence-electron chi connectivity index (χ3n) is 6.56. The van der Waals surface area contributed by atoms with Crippen LogP contribution in [0.4, 0.5) is 10.1 Å². The number of aliphatic hydroxyl groups is 1. The van der Waals surface area contributed by atoms with Crippen molar-refractivity contribution < 1.29 is 14.2 Å². The average Bonchev–Trinajstić information content (AvgIpc) is 3.26. The Kier molecular flexibility index (Phi) is 5.77. The topological polar surface area (TPSA) is 35.9 Å². The quantitative estimate of drug-likeness (QED) is 0.809. The Bertz CT molecular complexity index is 574. The normalized spacial score (nSPS) is 30.1. The molecule has 2 aliphatic carbocycles. The van der Waals surface area contributed by atoms with E-state index in [1.165, 1.54) is 37.8 Å². The summed E-state index contributed by atoms with van der Waals surface area (Å²) < 4.78 is 18.9. The number of piperazine rings is 1. The van der Waals surface area contributed by atoms with E-state index in [0.29, 0.717) is 13.2 Å². The molecular weight excluding hydrogens is 331 g/mol. The van der Waals surface area contributed by atoms with E-state index in [1.807, 2.05) is 12.1 Å². The summed E-state index contributed by atoms with van der Waals surface area (Å²) in [7, 11) is 0. The van der Waals surface area contributed by atoms with Gasteiger partial charge in [0, 0.05) is 45.0 Å². The maximum atomic E-state index is 13.0. The van der Waals surface area contributed by atoms with E-state index in [2.05, 4.69) is 9.80 Å². The van der Waals surface area contributed by atoms with E-state index in [9.17, 15) is 9.50 Å². The van der Waals surface area contributed by atoms with Gasteiger partial charge in [0.15, 0.2) is 0 Å². The molecule has 0 amide bonds. The fourth-order valence-electron chi connectivity index (χ4n) is 5.13. The highest BCUT2D eigenvalue weighted by Gasteiger charge is 2.39. The summed E-state index contributed by atoms with van der Waals surface area (Å²) in [6, 6.07) is 6.70. The number of halogens is 1. The van der Waals surface area contributed by atoms with Crippen molar-refractivity contribution in [3.8, 4) is 0 Å². The predicted octanol–water partition coefficient (Wildman–Crippen LogP) is 2.76. The van der Waals surface area contributed by atoms with Crippen LogP contribution in [0.1, 0.15) is 25.7 Å². The zero-order valence-corrected chi connectivity index (χ0v) is 15.5. The van der Waals surface area contributed by atoms with Gasteiger partial charge in [-0.25, -0.2) is 4.39 Å². The number of β-amino-alcohol motifs (C(OH)–C–C–N with tert-alkyl or cyclic N) is 1. The molecular formula is C21H31FN2O2. The third-order valence-corrected chi connectivity index (χ3v) is 6.56. The highest BCUT2D eigenvalue weighted by Crippen LogP contribution is 2.48. The van der Waals surface area contributed by atoms with Crippen LogP contribution < -0.4 is 4.90 Å². The number of rotatable bonds is 7. The number of hydrogen-bond acceptors (Lipinski definition) is 4. The van der Waals surface area contributed by atoms with Gasteiger partial charge in [-0.05, 0) is 61.3 Å². The van der Waals surface area contributed by atoms with Crippen molar-refractivity contribution in [3.05, 3.63) is 30.1 Å². The van der Waals surface area contributed by atoms with Crippen LogP contribution in [0, 0.1) is 23.6 Å². The monoisotopic (exact) mass is 362 g/mol. The number of benzene rings is 1. The van der Waals surface area contributed by atoms with Crippen LogP contribution in [0.25, 0.3) is 0 Å². The maximum Gasteiger partial charge on any atom is 0.123 e. The van der Waals surface area contributed by atoms with E-state index in [-0.39, 0.29) is 5.82 Å². The van der Waals surface area contributed by atoms with Gasteiger partial charge in [0.2, 0.25) is 0 Å². The van der Waals surface area contributed by atoms with Crippen molar-refractivity contribution in [3.63, 3.8) is 0 Å². The Morgan fingerprint density at radius 2 is 1.85 bits per heavy atom. The summed E-state index contributed by atoms with van der Waals surface area (Å²) in [6.07, 6.45) is 5.15. The van der Waals surface area contributed by atoms with E-state index in [1.54, 1.807) is 0 Å². The molecule has 26 heavy (non-hydrogen) atoms. The van der Waals surface area contributed by atoms with Gasteiger partial charge in [-0.15, -0.1) is 0 Å². The van der Waals surface area contributed by atoms with E-state index < -0.39 is 6.10 Å². The zero-order valence-electron chi connectivity index (χ0n) is 15.5. The fraction of sp³-hybridized carbons (Fsp3) is 0.714. The smallest absolute Gasteiger partial charge is 0.123 e. The standard InChI is InChI=1S/C21H31FN2O2/c22-19-3-5-20(6-4-19)24-9-7-23(8-10-24)13-21(25)15-26-14-18-12-16-1-2-17(18)11-16/h3-6,16-18,21,25H,1-2,7-15H2/t16-,17-,18+,21-/m1/s1. The van der Waals surface area contributed by atoms with E-state index in [0.717, 1.165) is 56.2 Å². The molecule has 4 rings (SSSR count). The molecule has 1 heterocycles. The van der Waals surface area contributed by atoms with E-state index in [4.69, 9.17) is 4.74 Å². The number of aliphatic hydroxyl groups excluding tert-OH is 1. The summed E-state index contributed by atoms with van der Waals surface area (Å²) in [5, 5.41) is 10.3. The summed E-state index contributed by atoms with van der Waals surface area (Å²) in [5.74, 6) is 2.38. The lowest BCUT2D eigenvalue weighted by Crippen LogP contribution is -2.49. The van der Waals surface area contributed by atoms with Gasteiger partial charge in [-0.1, -0.05) is 6.42 Å². The maximum absolute atomic E-state index is 13.0. The first kappa shape index (κ1) is 18.2. The first-order chi connectivity index (χ1) is 12.7. The molecule has 1 aromatic carbocycles. The van der Waals surface area contributed by atoms with Crippen molar-refractivity contribution in [1.29, 1.82) is 0 Å². The van der Waals surface area contributed by atoms with Gasteiger partial charge < -0.3 is 14.7 Å². The van der Waals surface area contributed by atoms with Crippen LogP contribution in [0.5, 0.6) is 0 Å². The second-order valence-electron chi connectivity index (χ2n) is 8.39. The summed E-state index contributed by atoms with van der Waals surface area (Å²) in [5.41, 5.74) is 1.07. The molecule has 5 heteroatoms. The predicted molar refractivity (Wildman–Crippen MR) is 101 cm³/mol. The van der Waals surface area contributed by atoms with Crippen LogP contribution in [0.2, 0.25) is 0 Å². The second-order valence-corrected chi connectivity index (χ2v) is 8.39. The molecule has 1 N–H and O–H groups in total. The number of nitrogens with zero attached hydrogens (tertiary/aromatic N) is 2. The third kappa shape index (κ3) is 4.38. The minimum atomic E-state index is -0.411. The average molecular weight is 362 g/mol. The summed E-state index contributed by atoms with van der Waals surface area (Å²) >= 11 is 0. The zero-order chi connectivity index (χ0) is 17.9. The van der Waals surface area contributed by atoms with Crippen LogP contribution in [0.15, 0.2) is 24.3 Å². The summed E-state index contributed by atoms with van der Waals surface area (Å²) in [4.78, 5) is 4.57. The van der Waals surface area contributed by atoms with Crippen LogP contribution in [0.3, 0.4) is 0 Å². The molecule has 4 nitrogen and oxygen atoms in total. The fourth-order valence-corrected chi connectivity index (χ4v) is 5.13. The summed E-state index contributed by atoms with van der Waals surface area (Å²) in [6.45, 7) is 5.60. The molecule has 2 saturated carbocycles. The molecule has 1 saturated heterocycles. The van der Waals surface area contributed by atoms with Crippen molar-refractivity contribution >= 4 is 5.69 Å². The number of anilines is 1. The highest BCUT2D eigenvalue weighted by atomic mass is 19.1. The van der Waals surface area contributed by atoms with Crippen LogP contribution >= 0.6 is 0 Å². The lowest BCUT2D eigenvalue weighted by Gasteiger charge is -2.37. The first-order valence-corrected chi connectivity index (χ1v) is 10.2. The highest BCUT2D eigenvalue weighted by molar-refractivity contribution is 5.46. The second kappa shape index (κ2) is 8.24. The lowest BCUT2D eigenvalue weighted by molar-refractivity contribution is -0.00274. The van der Waals surface area contributed by atoms with Gasteiger partial charge in [0.25, 0.3) is 0 Å². The van der Waals surface area contributed by atoms with Crippen molar-refractivity contribution in [2.24, 2.45) is 17.8 Å². The molecule has 3 fully saturated rings. The molecule has 4 atom stereocenters. The first-order valence-electron chi connectivity index (χ1n) is 10.2. The molecule has 2 bridgehead atoms. The van der Waals surface area contributed by atoms with E-state index >= 15 is 0 Å². The minimum absolute atomic E-state index is 0.194. The molecule has 3 aliphatic rings. The Morgan fingerprint density at radius 1 is 1.08 bits per heavy atom. The SMILES string of the molecule is O[C@@H](COC[C@@H]1C[C@@H]2CC[C@@H]1C2)CN1CCN(c2ccc(F)cc2)CC1.